The lowest BCUT2D eigenvalue weighted by molar-refractivity contribution is -0.181. The molecule has 0 spiro atoms. The van der Waals surface area contributed by atoms with Crippen LogP contribution in [0.25, 0.3) is 0 Å². The molecule has 5 N–H and O–H groups in total. The zero-order chi connectivity index (χ0) is 30.8. The van der Waals surface area contributed by atoms with Crippen LogP contribution in [-0.2, 0) is 32.1 Å². The zero-order valence-electron chi connectivity index (χ0n) is 24.5. The average Bonchev–Trinajstić information content (AvgIpc) is 2.90. The van der Waals surface area contributed by atoms with Crippen molar-refractivity contribution in [3.05, 3.63) is 22.8 Å². The number of phenolic OH excluding ortho intramolecular Hbond substituents is 1. The lowest BCUT2D eigenvalue weighted by Crippen LogP contribution is -2.74. The molecule has 12 heteroatoms. The van der Waals surface area contributed by atoms with E-state index in [9.17, 15) is 39.3 Å². The van der Waals surface area contributed by atoms with Gasteiger partial charge in [0, 0.05) is 38.9 Å². The summed E-state index contributed by atoms with van der Waals surface area (Å²) >= 11 is 0. The number of nitrogens with zero attached hydrogens (tertiary/aromatic N) is 3. The van der Waals surface area contributed by atoms with E-state index < -0.39 is 64.4 Å². The number of piperidine rings is 1. The number of rotatable bonds is 6. The quantitative estimate of drug-likeness (QED) is 0.305. The first kappa shape index (κ1) is 30.3. The summed E-state index contributed by atoms with van der Waals surface area (Å²) < 4.78 is 0. The fourth-order valence-corrected chi connectivity index (χ4v) is 7.97. The van der Waals surface area contributed by atoms with Crippen molar-refractivity contribution in [1.82, 2.24) is 9.80 Å². The van der Waals surface area contributed by atoms with Gasteiger partial charge in [0.25, 0.3) is 0 Å². The van der Waals surface area contributed by atoms with E-state index in [-0.39, 0.29) is 36.7 Å². The number of ketones is 4. The summed E-state index contributed by atoms with van der Waals surface area (Å²) in [6, 6.07) is 0.409. The first-order valence-corrected chi connectivity index (χ1v) is 14.5. The molecule has 6 atom stereocenters. The Bertz CT molecular complexity index is 1350. The molecule has 42 heavy (non-hydrogen) atoms. The molecule has 0 aromatic heterocycles. The van der Waals surface area contributed by atoms with Crippen LogP contribution in [0.15, 0.2) is 6.07 Å². The number of hydrogen-bond donors (Lipinski definition) is 4. The highest BCUT2D eigenvalue weighted by atomic mass is 16.3. The number of benzene rings is 1. The number of primary amides is 1. The normalized spacial score (nSPS) is 32.0. The number of anilines is 1. The molecule has 3 fully saturated rings. The Balaban J connectivity index is 1.57. The maximum absolute atomic E-state index is 14.0. The number of hydrogen-bond acceptors (Lipinski definition) is 11. The van der Waals surface area contributed by atoms with Gasteiger partial charge < -0.3 is 26.0 Å². The van der Waals surface area contributed by atoms with Gasteiger partial charge in [-0.3, -0.25) is 33.8 Å². The van der Waals surface area contributed by atoms with Gasteiger partial charge in [-0.15, -0.1) is 0 Å². The first-order valence-electron chi connectivity index (χ1n) is 14.5. The van der Waals surface area contributed by atoms with Crippen LogP contribution in [0.2, 0.25) is 0 Å². The second-order valence-corrected chi connectivity index (χ2v) is 12.8. The molecule has 1 amide bonds. The number of phenols is 1. The molecule has 5 rings (SSSR count). The van der Waals surface area contributed by atoms with Crippen LogP contribution in [0.4, 0.5) is 5.69 Å². The number of aromatic hydroxyl groups is 1. The second kappa shape index (κ2) is 10.8. The Hall–Kier alpha value is -3.19. The van der Waals surface area contributed by atoms with Crippen LogP contribution < -0.4 is 10.6 Å². The number of nitrogens with two attached hydrogens (primary N) is 1. The largest absolute Gasteiger partial charge is 0.507 e. The molecule has 1 heterocycles. The van der Waals surface area contributed by atoms with Crippen LogP contribution in [0.5, 0.6) is 5.75 Å². The summed E-state index contributed by atoms with van der Waals surface area (Å²) in [6.45, 7) is 2.25. The third-order valence-electron chi connectivity index (χ3n) is 9.92. The van der Waals surface area contributed by atoms with Gasteiger partial charge in [0.15, 0.2) is 34.7 Å². The molecule has 2 unspecified atom stereocenters. The molecule has 0 bridgehead atoms. The minimum atomic E-state index is -2.74. The minimum Gasteiger partial charge on any atom is -0.507 e. The van der Waals surface area contributed by atoms with Gasteiger partial charge in [-0.25, -0.2) is 0 Å². The SMILES string of the molecule is CN(C)c1c(CN2CCC(CO)CC2)cc(O)c2c1C[C@H]1C[C@H]3[C@H](N(C)C)C(=O)C(C(N)=O)C(=O)[C@@]3(O)C(=O)C1C2=O. The number of aliphatic hydroxyl groups is 2. The highest BCUT2D eigenvalue weighted by molar-refractivity contribution is 6.32. The predicted molar refractivity (Wildman–Crippen MR) is 151 cm³/mol. The number of carbonyl (C=O) groups excluding carboxylic acids is 5. The maximum atomic E-state index is 14.0. The van der Waals surface area contributed by atoms with Crippen LogP contribution in [0, 0.1) is 29.6 Å². The van der Waals surface area contributed by atoms with Gasteiger partial charge in [-0.1, -0.05) is 0 Å². The number of carbonyl (C=O) groups is 5. The Morgan fingerprint density at radius 3 is 2.29 bits per heavy atom. The molecule has 1 aromatic rings. The Morgan fingerprint density at radius 1 is 1.10 bits per heavy atom. The monoisotopic (exact) mass is 584 g/mol. The van der Waals surface area contributed by atoms with Crippen molar-refractivity contribution in [3.8, 4) is 5.75 Å². The van der Waals surface area contributed by atoms with Crippen molar-refractivity contribution in [1.29, 1.82) is 0 Å². The molecule has 4 aliphatic rings. The van der Waals surface area contributed by atoms with Gasteiger partial charge in [0.2, 0.25) is 5.91 Å². The number of likely N-dealkylation sites (N-methyl/N-ethyl adjacent to an activating group) is 1. The van der Waals surface area contributed by atoms with Crippen molar-refractivity contribution in [2.75, 3.05) is 52.8 Å². The molecule has 2 saturated carbocycles. The van der Waals surface area contributed by atoms with Gasteiger partial charge in [-0.05, 0) is 81.9 Å². The smallest absolute Gasteiger partial charge is 0.235 e. The summed E-state index contributed by atoms with van der Waals surface area (Å²) in [5.41, 5.74) is 4.81. The third-order valence-corrected chi connectivity index (χ3v) is 9.92. The van der Waals surface area contributed by atoms with E-state index in [2.05, 4.69) is 4.90 Å². The number of amides is 1. The van der Waals surface area contributed by atoms with Crippen molar-refractivity contribution in [2.24, 2.45) is 35.3 Å². The van der Waals surface area contributed by atoms with E-state index in [4.69, 9.17) is 5.73 Å². The van der Waals surface area contributed by atoms with Gasteiger partial charge in [0.1, 0.15) is 5.75 Å². The molecule has 1 saturated heterocycles. The number of fused-ring (bicyclic) bond motifs is 3. The first-order chi connectivity index (χ1) is 19.7. The van der Waals surface area contributed by atoms with Gasteiger partial charge >= 0.3 is 0 Å². The summed E-state index contributed by atoms with van der Waals surface area (Å²) in [6.07, 6.45) is 1.95. The summed E-state index contributed by atoms with van der Waals surface area (Å²) in [5, 5.41) is 32.4. The lowest BCUT2D eigenvalue weighted by Gasteiger charge is -2.52. The summed E-state index contributed by atoms with van der Waals surface area (Å²) in [7, 11) is 6.82. The molecule has 1 aliphatic heterocycles. The van der Waals surface area contributed by atoms with Crippen LogP contribution >= 0.6 is 0 Å². The Kier molecular flexibility index (Phi) is 7.80. The number of Topliss-reactive ketones (excluding diaryl/α,β-unsaturated/α-hetero) is 4. The molecule has 228 valence electrons. The molecule has 0 radical (unpaired) electrons. The second-order valence-electron chi connectivity index (χ2n) is 12.8. The van der Waals surface area contributed by atoms with E-state index in [0.29, 0.717) is 12.1 Å². The summed E-state index contributed by atoms with van der Waals surface area (Å²) in [5.74, 6) is -10.2. The van der Waals surface area contributed by atoms with Gasteiger partial charge in [0.05, 0.1) is 17.5 Å². The molecule has 3 aliphatic carbocycles. The van der Waals surface area contributed by atoms with Crippen molar-refractivity contribution >= 4 is 34.7 Å². The van der Waals surface area contributed by atoms with Crippen molar-refractivity contribution in [3.63, 3.8) is 0 Å². The average molecular weight is 585 g/mol. The lowest BCUT2D eigenvalue weighted by atomic mass is 9.52. The van der Waals surface area contributed by atoms with Crippen molar-refractivity contribution < 1.29 is 39.3 Å². The van der Waals surface area contributed by atoms with E-state index in [1.54, 1.807) is 20.2 Å². The fraction of sp³-hybridized carbons (Fsp3) is 0.633. The predicted octanol–water partition coefficient (Wildman–Crippen LogP) is -0.863. The molecule has 12 nitrogen and oxygen atoms in total. The number of likely N-dealkylation sites (tertiary alicyclic amines) is 1. The third kappa shape index (κ3) is 4.47. The molecular weight excluding hydrogens is 544 g/mol. The van der Waals surface area contributed by atoms with E-state index in [1.165, 1.54) is 4.90 Å². The minimum absolute atomic E-state index is 0.00645. The molecular formula is C30H40N4O8. The van der Waals surface area contributed by atoms with E-state index in [0.717, 1.165) is 37.2 Å². The fourth-order valence-electron chi connectivity index (χ4n) is 7.97. The van der Waals surface area contributed by atoms with Crippen LogP contribution in [0.1, 0.15) is 40.7 Å². The highest BCUT2D eigenvalue weighted by Crippen LogP contribution is 2.52. The standard InChI is InChI=1S/C30H40N4O8/c1-32(2)23-16(12-34-7-5-14(13-35)6-8-34)11-19(36)21-17(23)9-15-10-18-24(33(3)4)26(38)22(29(31)41)28(40)30(18,42)27(39)20(15)25(21)37/h11,14-15,18,20,22,24,35-36,42H,5-10,12-13H2,1-4H3,(H2,31,41)/t15-,18-,20?,22?,24-,30-/m0/s1. The van der Waals surface area contributed by atoms with E-state index in [1.807, 2.05) is 19.0 Å². The van der Waals surface area contributed by atoms with Crippen LogP contribution in [0.3, 0.4) is 0 Å². The summed E-state index contributed by atoms with van der Waals surface area (Å²) in [4.78, 5) is 72.5. The Labute approximate surface area is 244 Å². The topological polar surface area (TPSA) is 182 Å². The van der Waals surface area contributed by atoms with E-state index >= 15 is 0 Å². The van der Waals surface area contributed by atoms with Gasteiger partial charge in [-0.2, -0.15) is 0 Å². The van der Waals surface area contributed by atoms with Crippen molar-refractivity contribution in [2.45, 2.75) is 43.9 Å². The molecule has 1 aromatic carbocycles. The highest BCUT2D eigenvalue weighted by Gasteiger charge is 2.69. The number of aliphatic hydroxyl groups excluding tert-OH is 1. The zero-order valence-corrected chi connectivity index (χ0v) is 24.5. The Morgan fingerprint density at radius 2 is 1.74 bits per heavy atom. The maximum Gasteiger partial charge on any atom is 0.235 e. The van der Waals surface area contributed by atoms with Crippen LogP contribution in [-0.4, -0.2) is 114 Å².